The van der Waals surface area contributed by atoms with E-state index in [1.807, 2.05) is 60.7 Å². The van der Waals surface area contributed by atoms with E-state index < -0.39 is 0 Å². The van der Waals surface area contributed by atoms with Crippen molar-refractivity contribution in [1.82, 2.24) is 14.9 Å². The number of fused-ring (bicyclic) bond motifs is 1. The maximum atomic E-state index is 13.2. The summed E-state index contributed by atoms with van der Waals surface area (Å²) in [4.78, 5) is 31.1. The number of nitrogens with zero attached hydrogens (tertiary/aromatic N) is 2. The molecule has 1 amide bonds. The van der Waals surface area contributed by atoms with E-state index in [4.69, 9.17) is 4.98 Å². The highest BCUT2D eigenvalue weighted by Gasteiger charge is 2.26. The Morgan fingerprint density at radius 3 is 2.50 bits per heavy atom. The van der Waals surface area contributed by atoms with E-state index >= 15 is 0 Å². The van der Waals surface area contributed by atoms with Gasteiger partial charge in [-0.25, -0.2) is 4.98 Å². The number of rotatable bonds is 7. The van der Waals surface area contributed by atoms with E-state index in [0.29, 0.717) is 23.5 Å². The van der Waals surface area contributed by atoms with Crippen LogP contribution in [0.1, 0.15) is 23.7 Å². The largest absolute Gasteiger partial charge is 0.351 e. The predicted molar refractivity (Wildman–Crippen MR) is 122 cm³/mol. The van der Waals surface area contributed by atoms with Crippen molar-refractivity contribution < 1.29 is 4.79 Å². The second-order valence-electron chi connectivity index (χ2n) is 7.23. The van der Waals surface area contributed by atoms with Crippen LogP contribution < -0.4 is 10.9 Å². The molecule has 0 aliphatic carbocycles. The Morgan fingerprint density at radius 1 is 1.13 bits per heavy atom. The van der Waals surface area contributed by atoms with Crippen molar-refractivity contribution in [2.24, 2.45) is 0 Å². The fraction of sp³-hybridized carbons (Fsp3) is 0.261. The number of benzene rings is 2. The molecule has 0 fully saturated rings. The molecule has 1 N–H and O–H groups in total. The third-order valence-corrected chi connectivity index (χ3v) is 7.00. The topological polar surface area (TPSA) is 64.0 Å². The molecule has 0 saturated heterocycles. The van der Waals surface area contributed by atoms with E-state index in [0.717, 1.165) is 28.1 Å². The zero-order valence-electron chi connectivity index (χ0n) is 16.7. The number of hydrogen-bond acceptors (Lipinski definition) is 5. The fourth-order valence-corrected chi connectivity index (χ4v) is 5.28. The molecule has 154 valence electrons. The Hall–Kier alpha value is -2.51. The third-order valence-electron chi connectivity index (χ3n) is 4.81. The van der Waals surface area contributed by atoms with E-state index in [9.17, 15) is 9.59 Å². The fourth-order valence-electron chi connectivity index (χ4n) is 3.32. The molecule has 0 unspecified atom stereocenters. The minimum Gasteiger partial charge on any atom is -0.351 e. The lowest BCUT2D eigenvalue weighted by Crippen LogP contribution is -2.28. The number of hydrogen-bond donors (Lipinski definition) is 1. The molecule has 0 spiro atoms. The van der Waals surface area contributed by atoms with Crippen LogP contribution in [0.4, 0.5) is 0 Å². The van der Waals surface area contributed by atoms with Gasteiger partial charge in [-0.1, -0.05) is 79.3 Å². The minimum atomic E-state index is -0.0763. The van der Waals surface area contributed by atoms with Gasteiger partial charge in [-0.05, 0) is 11.1 Å². The summed E-state index contributed by atoms with van der Waals surface area (Å²) in [6.07, 6.45) is 0.787. The van der Waals surface area contributed by atoms with E-state index in [1.165, 1.54) is 11.8 Å². The zero-order chi connectivity index (χ0) is 20.9. The summed E-state index contributed by atoms with van der Waals surface area (Å²) in [5, 5.41) is 3.88. The first-order valence-corrected chi connectivity index (χ1v) is 11.7. The highest BCUT2D eigenvalue weighted by molar-refractivity contribution is 8.00. The van der Waals surface area contributed by atoms with E-state index in [2.05, 4.69) is 12.2 Å². The average Bonchev–Trinajstić information content (AvgIpc) is 3.15. The van der Waals surface area contributed by atoms with E-state index in [1.54, 1.807) is 16.3 Å². The summed E-state index contributed by atoms with van der Waals surface area (Å²) in [6, 6.07) is 19.7. The quantitative estimate of drug-likeness (QED) is 0.451. The minimum absolute atomic E-state index is 0.00889. The van der Waals surface area contributed by atoms with Crippen molar-refractivity contribution >= 4 is 29.4 Å². The molecule has 1 atom stereocenters. The molecule has 30 heavy (non-hydrogen) atoms. The van der Waals surface area contributed by atoms with Crippen molar-refractivity contribution in [3.63, 3.8) is 0 Å². The van der Waals surface area contributed by atoms with Crippen LogP contribution in [-0.4, -0.2) is 26.5 Å². The number of amides is 1. The van der Waals surface area contributed by atoms with Gasteiger partial charge in [0.05, 0.1) is 22.9 Å². The molecule has 4 rings (SSSR count). The van der Waals surface area contributed by atoms with Gasteiger partial charge in [0.15, 0.2) is 5.16 Å². The summed E-state index contributed by atoms with van der Waals surface area (Å²) >= 11 is 2.92. The Morgan fingerprint density at radius 2 is 1.80 bits per heavy atom. The highest BCUT2D eigenvalue weighted by atomic mass is 32.2. The first-order chi connectivity index (χ1) is 14.6. The molecular weight excluding hydrogens is 414 g/mol. The van der Waals surface area contributed by atoms with Gasteiger partial charge in [0.25, 0.3) is 5.56 Å². The smallest absolute Gasteiger partial charge is 0.268 e. The maximum absolute atomic E-state index is 13.2. The van der Waals surface area contributed by atoms with Crippen molar-refractivity contribution in [2.45, 2.75) is 41.7 Å². The first-order valence-electron chi connectivity index (χ1n) is 9.88. The van der Waals surface area contributed by atoms with Gasteiger partial charge in [0, 0.05) is 18.2 Å². The number of thioether (sulfide) groups is 2. The molecule has 1 aliphatic heterocycles. The Bertz CT molecular complexity index is 1080. The summed E-state index contributed by atoms with van der Waals surface area (Å²) < 4.78 is 1.70. The molecule has 2 aromatic carbocycles. The Balaban J connectivity index is 1.51. The second kappa shape index (κ2) is 9.53. The Kier molecular flexibility index (Phi) is 6.59. The molecule has 1 aliphatic rings. The average molecular weight is 438 g/mol. The molecule has 7 heteroatoms. The van der Waals surface area contributed by atoms with Gasteiger partial charge in [-0.15, -0.1) is 11.8 Å². The van der Waals surface area contributed by atoms with Crippen LogP contribution in [-0.2, 0) is 24.3 Å². The third kappa shape index (κ3) is 4.96. The lowest BCUT2D eigenvalue weighted by atomic mass is 10.2. The summed E-state index contributed by atoms with van der Waals surface area (Å²) in [5.74, 6) is 0.142. The second-order valence-corrected chi connectivity index (χ2v) is 9.62. The highest BCUT2D eigenvalue weighted by Crippen LogP contribution is 2.34. The van der Waals surface area contributed by atoms with Crippen LogP contribution in [0.2, 0.25) is 0 Å². The number of nitrogens with one attached hydrogen (secondary N) is 1. The molecule has 1 aromatic heterocycles. The van der Waals surface area contributed by atoms with Gasteiger partial charge in [-0.3, -0.25) is 14.2 Å². The van der Waals surface area contributed by atoms with Gasteiger partial charge in [0.2, 0.25) is 5.91 Å². The molecule has 0 radical (unpaired) electrons. The van der Waals surface area contributed by atoms with Crippen molar-refractivity contribution in [3.8, 4) is 0 Å². The van der Waals surface area contributed by atoms with Crippen molar-refractivity contribution in [1.29, 1.82) is 0 Å². The maximum Gasteiger partial charge on any atom is 0.268 e. The number of aromatic nitrogens is 2. The van der Waals surface area contributed by atoms with Gasteiger partial charge < -0.3 is 5.32 Å². The molecular formula is C23H23N3O2S2. The van der Waals surface area contributed by atoms with Gasteiger partial charge >= 0.3 is 0 Å². The molecule has 0 bridgehead atoms. The predicted octanol–water partition coefficient (Wildman–Crippen LogP) is 3.74. The zero-order valence-corrected chi connectivity index (χ0v) is 18.3. The number of carbonyl (C=O) groups excluding carboxylic acids is 1. The molecule has 0 saturated carbocycles. The SMILES string of the molecule is C[C@H]1Cc2nc(SCC(=O)NCc3ccccc3)n(Cc3ccccc3)c(=O)c2S1. The monoisotopic (exact) mass is 437 g/mol. The van der Waals surface area contributed by atoms with Crippen LogP contribution >= 0.6 is 23.5 Å². The van der Waals surface area contributed by atoms with Gasteiger partial charge in [0.1, 0.15) is 0 Å². The van der Waals surface area contributed by atoms with Crippen LogP contribution in [0.3, 0.4) is 0 Å². The molecule has 5 nitrogen and oxygen atoms in total. The molecule has 2 heterocycles. The van der Waals surface area contributed by atoms with Crippen LogP contribution in [0.25, 0.3) is 0 Å². The van der Waals surface area contributed by atoms with E-state index in [-0.39, 0.29) is 17.2 Å². The number of carbonyl (C=O) groups is 1. The van der Waals surface area contributed by atoms with Gasteiger partial charge in [-0.2, -0.15) is 0 Å². The normalized spacial score (nSPS) is 15.0. The summed E-state index contributed by atoms with van der Waals surface area (Å²) in [6.45, 7) is 3.04. The standard InChI is InChI=1S/C23H23N3O2S2/c1-16-12-19-21(30-16)22(28)26(14-18-10-6-3-7-11-18)23(25-19)29-15-20(27)24-13-17-8-4-2-5-9-17/h2-11,16H,12-15H2,1H3,(H,24,27)/t16-/m0/s1. The summed E-state index contributed by atoms with van der Waals surface area (Å²) in [5.41, 5.74) is 2.94. The van der Waals surface area contributed by atoms with Crippen LogP contribution in [0.15, 0.2) is 75.5 Å². The lowest BCUT2D eigenvalue weighted by molar-refractivity contribution is -0.118. The summed E-state index contributed by atoms with van der Waals surface area (Å²) in [7, 11) is 0. The lowest BCUT2D eigenvalue weighted by Gasteiger charge is -2.14. The van der Waals surface area contributed by atoms with Crippen LogP contribution in [0.5, 0.6) is 0 Å². The first kappa shape index (κ1) is 20.8. The van der Waals surface area contributed by atoms with Crippen LogP contribution in [0, 0.1) is 0 Å². The Labute approximate surface area is 184 Å². The molecule has 3 aromatic rings. The van der Waals surface area contributed by atoms with Crippen molar-refractivity contribution in [3.05, 3.63) is 87.8 Å². The van der Waals surface area contributed by atoms with Crippen molar-refractivity contribution in [2.75, 3.05) is 5.75 Å².